The maximum Gasteiger partial charge on any atom is 0.269 e. The number of imidazole rings is 1. The molecule has 0 aliphatic rings. The molecule has 27 heavy (non-hydrogen) atoms. The molecule has 3 rings (SSSR count). The summed E-state index contributed by atoms with van der Waals surface area (Å²) < 4.78 is 24.2. The fourth-order valence-electron chi connectivity index (χ4n) is 2.54. The van der Waals surface area contributed by atoms with Crippen LogP contribution >= 0.6 is 0 Å². The summed E-state index contributed by atoms with van der Waals surface area (Å²) in [6.45, 7) is 0. The van der Waals surface area contributed by atoms with Crippen molar-refractivity contribution in [3.63, 3.8) is 0 Å². The van der Waals surface area contributed by atoms with Gasteiger partial charge in [0.2, 0.25) is 15.9 Å². The maximum atomic E-state index is 12.1. The van der Waals surface area contributed by atoms with Crippen LogP contribution in [0.2, 0.25) is 0 Å². The molecule has 0 atom stereocenters. The van der Waals surface area contributed by atoms with Crippen LogP contribution in [0.1, 0.15) is 16.2 Å². The Labute approximate surface area is 155 Å². The van der Waals surface area contributed by atoms with Crippen molar-refractivity contribution in [2.75, 3.05) is 0 Å². The SMILES string of the molecule is Cn1c(CC(=O)NNC(=O)c2ccc(S(N)(=O)=O)cc2)nc2ccccc21. The van der Waals surface area contributed by atoms with E-state index in [9.17, 15) is 18.0 Å². The van der Waals surface area contributed by atoms with Crippen molar-refractivity contribution >= 4 is 32.9 Å². The quantitative estimate of drug-likeness (QED) is 0.550. The van der Waals surface area contributed by atoms with E-state index < -0.39 is 21.8 Å². The van der Waals surface area contributed by atoms with E-state index in [0.29, 0.717) is 5.82 Å². The molecule has 140 valence electrons. The number of hydrogen-bond donors (Lipinski definition) is 3. The third-order valence-electron chi connectivity index (χ3n) is 3.96. The van der Waals surface area contributed by atoms with Crippen molar-refractivity contribution in [2.24, 2.45) is 12.2 Å². The van der Waals surface area contributed by atoms with Gasteiger partial charge in [0, 0.05) is 12.6 Å². The molecule has 0 radical (unpaired) electrons. The van der Waals surface area contributed by atoms with E-state index in [1.807, 2.05) is 35.9 Å². The first-order valence-corrected chi connectivity index (χ1v) is 9.43. The molecule has 0 aliphatic carbocycles. The molecule has 4 N–H and O–H groups in total. The summed E-state index contributed by atoms with van der Waals surface area (Å²) in [5, 5.41) is 5.00. The number of rotatable bonds is 4. The summed E-state index contributed by atoms with van der Waals surface area (Å²) in [6, 6.07) is 12.5. The molecule has 0 fully saturated rings. The van der Waals surface area contributed by atoms with E-state index in [0.717, 1.165) is 11.0 Å². The van der Waals surface area contributed by atoms with Crippen molar-refractivity contribution in [3.05, 3.63) is 59.9 Å². The molecular formula is C17H17N5O4S. The summed E-state index contributed by atoms with van der Waals surface area (Å²) in [5.41, 5.74) is 6.44. The van der Waals surface area contributed by atoms with Crippen molar-refractivity contribution in [2.45, 2.75) is 11.3 Å². The highest BCUT2D eigenvalue weighted by molar-refractivity contribution is 7.89. The fourth-order valence-corrected chi connectivity index (χ4v) is 3.05. The van der Waals surface area contributed by atoms with Gasteiger partial charge in [-0.3, -0.25) is 20.4 Å². The largest absolute Gasteiger partial charge is 0.331 e. The number of amides is 2. The molecule has 3 aromatic rings. The molecule has 2 aromatic carbocycles. The van der Waals surface area contributed by atoms with E-state index in [1.54, 1.807) is 0 Å². The Morgan fingerprint density at radius 3 is 2.37 bits per heavy atom. The lowest BCUT2D eigenvalue weighted by Crippen LogP contribution is -2.42. The Balaban J connectivity index is 1.61. The smallest absolute Gasteiger partial charge is 0.269 e. The minimum absolute atomic E-state index is 0.0180. The van der Waals surface area contributed by atoms with E-state index in [-0.39, 0.29) is 16.9 Å². The maximum absolute atomic E-state index is 12.1. The van der Waals surface area contributed by atoms with Crippen LogP contribution in [0.15, 0.2) is 53.4 Å². The molecule has 0 bridgehead atoms. The lowest BCUT2D eigenvalue weighted by Gasteiger charge is -2.08. The van der Waals surface area contributed by atoms with Crippen LogP contribution < -0.4 is 16.0 Å². The van der Waals surface area contributed by atoms with Crippen molar-refractivity contribution in [3.8, 4) is 0 Å². The van der Waals surface area contributed by atoms with Gasteiger partial charge in [0.05, 0.1) is 22.3 Å². The summed E-state index contributed by atoms with van der Waals surface area (Å²) in [4.78, 5) is 28.4. The average molecular weight is 387 g/mol. The number of nitrogens with one attached hydrogen (secondary N) is 2. The second kappa shape index (κ2) is 7.17. The van der Waals surface area contributed by atoms with Crippen LogP contribution in [0.5, 0.6) is 0 Å². The lowest BCUT2D eigenvalue weighted by atomic mass is 10.2. The highest BCUT2D eigenvalue weighted by Crippen LogP contribution is 2.14. The summed E-state index contributed by atoms with van der Waals surface area (Å²) in [7, 11) is -2.02. The Hall–Kier alpha value is -3.24. The average Bonchev–Trinajstić information content (AvgIpc) is 2.95. The number of benzene rings is 2. The second-order valence-corrected chi connectivity index (χ2v) is 7.39. The highest BCUT2D eigenvalue weighted by atomic mass is 32.2. The molecule has 2 amide bonds. The van der Waals surface area contributed by atoms with E-state index >= 15 is 0 Å². The van der Waals surface area contributed by atoms with Crippen LogP contribution in [-0.4, -0.2) is 29.8 Å². The predicted octanol–water partition coefficient (Wildman–Crippen LogP) is 0.224. The number of nitrogens with two attached hydrogens (primary N) is 1. The number of aryl methyl sites for hydroxylation is 1. The zero-order chi connectivity index (χ0) is 19.6. The Kier molecular flexibility index (Phi) is 4.93. The Bertz CT molecular complexity index is 1120. The molecule has 0 unspecified atom stereocenters. The van der Waals surface area contributed by atoms with Gasteiger partial charge in [-0.05, 0) is 36.4 Å². The first kappa shape index (κ1) is 18.5. The standard InChI is InChI=1S/C17H17N5O4S/c1-22-14-5-3-2-4-13(14)19-15(22)10-16(23)20-21-17(24)11-6-8-12(9-7-11)27(18,25)26/h2-9H,10H2,1H3,(H,20,23)(H,21,24)(H2,18,25,26). The third-order valence-corrected chi connectivity index (χ3v) is 4.89. The second-order valence-electron chi connectivity index (χ2n) is 5.82. The first-order chi connectivity index (χ1) is 12.8. The van der Waals surface area contributed by atoms with E-state index in [4.69, 9.17) is 5.14 Å². The van der Waals surface area contributed by atoms with Gasteiger partial charge in [-0.25, -0.2) is 18.5 Å². The monoisotopic (exact) mass is 387 g/mol. The molecule has 0 aliphatic heterocycles. The fraction of sp³-hybridized carbons (Fsp3) is 0.118. The number of hydrazine groups is 1. The predicted molar refractivity (Wildman–Crippen MR) is 97.8 cm³/mol. The van der Waals surface area contributed by atoms with Gasteiger partial charge in [-0.15, -0.1) is 0 Å². The van der Waals surface area contributed by atoms with Crippen LogP contribution in [0.4, 0.5) is 0 Å². The summed E-state index contributed by atoms with van der Waals surface area (Å²) >= 11 is 0. The first-order valence-electron chi connectivity index (χ1n) is 7.88. The third kappa shape index (κ3) is 4.13. The van der Waals surface area contributed by atoms with Crippen LogP contribution in [0.25, 0.3) is 11.0 Å². The minimum Gasteiger partial charge on any atom is -0.331 e. The van der Waals surface area contributed by atoms with Crippen LogP contribution in [-0.2, 0) is 28.3 Å². The number of nitrogens with zero attached hydrogens (tertiary/aromatic N) is 2. The number of carbonyl (C=O) groups excluding carboxylic acids is 2. The lowest BCUT2D eigenvalue weighted by molar-refractivity contribution is -0.121. The summed E-state index contributed by atoms with van der Waals surface area (Å²) in [6.07, 6.45) is -0.0180. The molecular weight excluding hydrogens is 370 g/mol. The number of para-hydroxylation sites is 2. The molecule has 10 heteroatoms. The molecule has 0 spiro atoms. The van der Waals surface area contributed by atoms with Gasteiger partial charge in [0.1, 0.15) is 5.82 Å². The number of primary sulfonamides is 1. The molecule has 0 saturated heterocycles. The Morgan fingerprint density at radius 1 is 1.07 bits per heavy atom. The van der Waals surface area contributed by atoms with Gasteiger partial charge < -0.3 is 4.57 Å². The summed E-state index contributed by atoms with van der Waals surface area (Å²) in [5.74, 6) is -0.474. The van der Waals surface area contributed by atoms with E-state index in [2.05, 4.69) is 15.8 Å². The Morgan fingerprint density at radius 2 is 1.74 bits per heavy atom. The molecule has 0 saturated carbocycles. The number of carbonyl (C=O) groups is 2. The number of fused-ring (bicyclic) bond motifs is 1. The zero-order valence-electron chi connectivity index (χ0n) is 14.3. The minimum atomic E-state index is -3.83. The van der Waals surface area contributed by atoms with Crippen LogP contribution in [0, 0.1) is 0 Å². The number of sulfonamides is 1. The molecule has 1 heterocycles. The number of hydrogen-bond acceptors (Lipinski definition) is 5. The van der Waals surface area contributed by atoms with Crippen LogP contribution in [0.3, 0.4) is 0 Å². The molecule has 9 nitrogen and oxygen atoms in total. The van der Waals surface area contributed by atoms with Crippen molar-refractivity contribution in [1.82, 2.24) is 20.4 Å². The zero-order valence-corrected chi connectivity index (χ0v) is 15.2. The van der Waals surface area contributed by atoms with E-state index in [1.165, 1.54) is 24.3 Å². The van der Waals surface area contributed by atoms with Crippen molar-refractivity contribution < 1.29 is 18.0 Å². The topological polar surface area (TPSA) is 136 Å². The number of aromatic nitrogens is 2. The van der Waals surface area contributed by atoms with Gasteiger partial charge >= 0.3 is 0 Å². The van der Waals surface area contributed by atoms with Gasteiger partial charge in [-0.1, -0.05) is 12.1 Å². The van der Waals surface area contributed by atoms with Gasteiger partial charge in [0.25, 0.3) is 5.91 Å². The normalized spacial score (nSPS) is 11.3. The van der Waals surface area contributed by atoms with Crippen molar-refractivity contribution in [1.29, 1.82) is 0 Å². The van der Waals surface area contributed by atoms with Gasteiger partial charge in [-0.2, -0.15) is 0 Å². The highest BCUT2D eigenvalue weighted by Gasteiger charge is 2.14. The molecule has 1 aromatic heterocycles. The van der Waals surface area contributed by atoms with Gasteiger partial charge in [0.15, 0.2) is 0 Å².